The number of carboxylic acids is 1. The molecule has 7 fully saturated rings. The van der Waals surface area contributed by atoms with Crippen LogP contribution in [0.15, 0.2) is 23.8 Å². The maximum Gasteiger partial charge on any atom is 0.335 e. The van der Waals surface area contributed by atoms with Crippen LogP contribution in [0.4, 0.5) is 0 Å². The van der Waals surface area contributed by atoms with Crippen LogP contribution in [0.5, 0.6) is 0 Å². The van der Waals surface area contributed by atoms with Gasteiger partial charge in [-0.3, -0.25) is 4.79 Å². The molecule has 0 aromatic heterocycles. The number of fused-ring (bicyclic) bond motifs is 7. The van der Waals surface area contributed by atoms with Crippen molar-refractivity contribution in [3.05, 3.63) is 23.8 Å². The highest BCUT2D eigenvalue weighted by Gasteiger charge is 2.69. The Morgan fingerprint density at radius 1 is 0.712 bits per heavy atom. The fourth-order valence-corrected chi connectivity index (χ4v) is 15.3. The lowest BCUT2D eigenvalue weighted by Crippen LogP contribution is -2.65. The first-order valence-electron chi connectivity index (χ1n) is 26.1. The average molecular weight is 1040 g/mol. The molecule has 13 unspecified atom stereocenters. The van der Waals surface area contributed by atoms with E-state index in [2.05, 4.69) is 60.6 Å². The molecule has 0 aromatic carbocycles. The van der Waals surface area contributed by atoms with Gasteiger partial charge in [0.25, 0.3) is 0 Å². The Kier molecular flexibility index (Phi) is 14.7. The third-order valence-electron chi connectivity index (χ3n) is 20.1. The first-order chi connectivity index (χ1) is 34.0. The highest BCUT2D eigenvalue weighted by molar-refractivity contribution is 5.81. The SMILES string of the molecule is CC1O[C@@H](OC2C(O)[C@@H](O)CO[C@H]2OC(=O)C23C=C[C@@]4(C)C(=CCC5[C@@]6(C)CC[C@H](O[C@@H]7OC(C(=O)O)[C@@H](O)C(O)C7O)C(C)(C)C6CC[C@]54C)C2CC(C)(C)CC3)C(O)C(O[C@@H]2OC[C@](O)(CO)C2O)[C@H]1O. The number of rotatable bonds is 10. The number of carbonyl (C=O) groups excluding carboxylic acids is 1. The summed E-state index contributed by atoms with van der Waals surface area (Å²) in [6.45, 7) is 15.4. The zero-order chi connectivity index (χ0) is 53.3. The highest BCUT2D eigenvalue weighted by atomic mass is 16.8. The number of esters is 1. The molecule has 0 amide bonds. The number of carbonyl (C=O) groups is 2. The van der Waals surface area contributed by atoms with Crippen LogP contribution in [-0.4, -0.2) is 198 Å². The number of aliphatic hydroxyl groups is 10. The van der Waals surface area contributed by atoms with E-state index in [1.54, 1.807) is 0 Å². The van der Waals surface area contributed by atoms with Crippen LogP contribution in [-0.2, 0) is 47.5 Å². The molecule has 9 aliphatic rings. The molecule has 0 radical (unpaired) electrons. The molecule has 11 N–H and O–H groups in total. The molecule has 5 aliphatic carbocycles. The van der Waals surface area contributed by atoms with Crippen molar-refractivity contribution in [2.24, 2.45) is 50.2 Å². The van der Waals surface area contributed by atoms with Crippen LogP contribution < -0.4 is 0 Å². The van der Waals surface area contributed by atoms with Crippen molar-refractivity contribution in [3.63, 3.8) is 0 Å². The normalized spacial score (nSPS) is 53.2. The largest absolute Gasteiger partial charge is 0.479 e. The molecule has 25 atom stereocenters. The maximum absolute atomic E-state index is 15.2. The topological polar surface area (TPSA) is 331 Å². The van der Waals surface area contributed by atoms with E-state index in [1.807, 2.05) is 6.08 Å². The second-order valence-corrected chi connectivity index (χ2v) is 25.1. The third kappa shape index (κ3) is 8.80. The van der Waals surface area contributed by atoms with Gasteiger partial charge in [-0.1, -0.05) is 72.3 Å². The lowest BCUT2D eigenvalue weighted by Gasteiger charge is -2.70. The smallest absolute Gasteiger partial charge is 0.335 e. The average Bonchev–Trinajstić information content (AvgIpc) is 3.61. The molecule has 4 heterocycles. The summed E-state index contributed by atoms with van der Waals surface area (Å²) in [5.74, 6) is -2.07. The molecular formula is C52H80O21. The molecule has 4 saturated heterocycles. The second kappa shape index (κ2) is 19.3. The first-order valence-corrected chi connectivity index (χ1v) is 26.1. The summed E-state index contributed by atoms with van der Waals surface area (Å²) >= 11 is 0. The number of allylic oxidation sites excluding steroid dienone is 3. The molecule has 73 heavy (non-hydrogen) atoms. The van der Waals surface area contributed by atoms with E-state index >= 15 is 4.79 Å². The fraction of sp³-hybridized carbons (Fsp3) is 0.885. The molecule has 21 heteroatoms. The minimum absolute atomic E-state index is 0.131. The van der Waals surface area contributed by atoms with Crippen molar-refractivity contribution in [1.29, 1.82) is 0 Å². The molecule has 21 nitrogen and oxygen atoms in total. The number of hydrogen-bond acceptors (Lipinski definition) is 20. The predicted molar refractivity (Wildman–Crippen MR) is 250 cm³/mol. The van der Waals surface area contributed by atoms with E-state index in [0.29, 0.717) is 25.7 Å². The summed E-state index contributed by atoms with van der Waals surface area (Å²) in [4.78, 5) is 27.1. The number of ether oxygens (including phenoxy) is 8. The van der Waals surface area contributed by atoms with Crippen molar-refractivity contribution >= 4 is 11.9 Å². The van der Waals surface area contributed by atoms with Crippen LogP contribution >= 0.6 is 0 Å². The van der Waals surface area contributed by atoms with Gasteiger partial charge in [-0.15, -0.1) is 0 Å². The van der Waals surface area contributed by atoms with Gasteiger partial charge in [0.15, 0.2) is 31.1 Å². The van der Waals surface area contributed by atoms with Gasteiger partial charge in [0.1, 0.15) is 60.5 Å². The van der Waals surface area contributed by atoms with E-state index in [1.165, 1.54) is 6.92 Å². The molecule has 3 saturated carbocycles. The van der Waals surface area contributed by atoms with Crippen molar-refractivity contribution in [2.75, 3.05) is 19.8 Å². The van der Waals surface area contributed by atoms with Gasteiger partial charge < -0.3 is 94.1 Å². The first kappa shape index (κ1) is 55.5. The van der Waals surface area contributed by atoms with E-state index in [4.69, 9.17) is 37.9 Å². The van der Waals surface area contributed by atoms with E-state index in [9.17, 15) is 61.0 Å². The number of aliphatic hydroxyl groups excluding tert-OH is 9. The molecule has 0 aromatic rings. The number of carboxylic acid groups (broad SMARTS) is 1. The summed E-state index contributed by atoms with van der Waals surface area (Å²) < 4.78 is 47.3. The van der Waals surface area contributed by atoms with Crippen molar-refractivity contribution in [1.82, 2.24) is 0 Å². The van der Waals surface area contributed by atoms with Crippen molar-refractivity contribution in [3.8, 4) is 0 Å². The van der Waals surface area contributed by atoms with Crippen LogP contribution in [0.1, 0.15) is 107 Å². The fourth-order valence-electron chi connectivity index (χ4n) is 15.3. The van der Waals surface area contributed by atoms with Crippen LogP contribution in [0.3, 0.4) is 0 Å². The molecule has 9 rings (SSSR count). The maximum atomic E-state index is 15.2. The predicted octanol–water partition coefficient (Wildman–Crippen LogP) is 0.140. The minimum atomic E-state index is -2.05. The Balaban J connectivity index is 0.950. The minimum Gasteiger partial charge on any atom is -0.479 e. The number of hydrogen-bond donors (Lipinski definition) is 11. The van der Waals surface area contributed by atoms with Gasteiger partial charge in [-0.2, -0.15) is 0 Å². The van der Waals surface area contributed by atoms with E-state index in [0.717, 1.165) is 31.3 Å². The Hall–Kier alpha value is -2.26. The lowest BCUT2D eigenvalue weighted by molar-refractivity contribution is -0.361. The summed E-state index contributed by atoms with van der Waals surface area (Å²) in [5.41, 5.74) is -3.67. The van der Waals surface area contributed by atoms with Crippen molar-refractivity contribution < 1.29 is 104 Å². The van der Waals surface area contributed by atoms with E-state index < -0.39 is 158 Å². The van der Waals surface area contributed by atoms with Crippen molar-refractivity contribution in [2.45, 2.75) is 217 Å². The third-order valence-corrected chi connectivity index (χ3v) is 20.1. The van der Waals surface area contributed by atoms with Crippen LogP contribution in [0.25, 0.3) is 0 Å². The summed E-state index contributed by atoms with van der Waals surface area (Å²) in [6.07, 6.45) is -14.2. The summed E-state index contributed by atoms with van der Waals surface area (Å²) in [7, 11) is 0. The Morgan fingerprint density at radius 2 is 1.40 bits per heavy atom. The molecule has 0 spiro atoms. The van der Waals surface area contributed by atoms with Crippen LogP contribution in [0.2, 0.25) is 0 Å². The van der Waals surface area contributed by atoms with Gasteiger partial charge in [-0.05, 0) is 91.8 Å². The summed E-state index contributed by atoms with van der Waals surface area (Å²) in [5, 5.41) is 117. The molecular weight excluding hydrogens is 961 g/mol. The van der Waals surface area contributed by atoms with Gasteiger partial charge in [0, 0.05) is 11.3 Å². The zero-order valence-corrected chi connectivity index (χ0v) is 43.1. The lowest BCUT2D eigenvalue weighted by atomic mass is 9.34. The van der Waals surface area contributed by atoms with Crippen LogP contribution in [0, 0.1) is 50.2 Å². The Morgan fingerprint density at radius 3 is 2.07 bits per heavy atom. The zero-order valence-electron chi connectivity index (χ0n) is 43.1. The monoisotopic (exact) mass is 1040 g/mol. The molecule has 414 valence electrons. The van der Waals surface area contributed by atoms with Gasteiger partial charge in [0.05, 0.1) is 37.4 Å². The van der Waals surface area contributed by atoms with E-state index in [-0.39, 0.29) is 34.0 Å². The quantitative estimate of drug-likeness (QED) is 0.0788. The Bertz CT molecular complexity index is 2140. The van der Waals surface area contributed by atoms with Gasteiger partial charge in [0.2, 0.25) is 6.29 Å². The standard InChI is InChI=1S/C52H80O21/c1-23-30(55)36(70-44-39(61)52(65,21-53)22-67-44)35(60)42(68-23)72-38-31(56)26(54)20-66-43(38)73-45(64)51-17-15-46(2,3)19-25(51)24-9-10-28-48(6)13-12-29(69-41-34(59)32(57)33(58)37(71-41)40(62)63)47(4,5)27(48)11-14-50(28,8)49(24,7)16-18-51/h9,16,18,23,25-39,41-44,53-61,65H,10-15,17,19-22H2,1-8H3,(H,62,63)/t23?,25?,26-,27?,28?,29-,30-,31?,32?,33-,34?,35?,36?,37?,38?,39?,41+,42-,43-,44-,48-,49-,50+,51?,52+/m0/s1. The summed E-state index contributed by atoms with van der Waals surface area (Å²) in [6, 6.07) is 0. The molecule has 4 aliphatic heterocycles. The second-order valence-electron chi connectivity index (χ2n) is 25.1. The van der Waals surface area contributed by atoms with Gasteiger partial charge in [-0.25, -0.2) is 4.79 Å². The Labute approximate surface area is 425 Å². The van der Waals surface area contributed by atoms with Gasteiger partial charge >= 0.3 is 11.9 Å². The number of aliphatic carboxylic acids is 1. The molecule has 0 bridgehead atoms. The highest BCUT2D eigenvalue weighted by Crippen LogP contribution is 2.75.